The largest absolute Gasteiger partial charge is 0.469 e. The summed E-state index contributed by atoms with van der Waals surface area (Å²) >= 11 is 0. The van der Waals surface area contributed by atoms with Crippen molar-refractivity contribution in [1.29, 1.82) is 0 Å². The summed E-state index contributed by atoms with van der Waals surface area (Å²) < 4.78 is 4.77. The number of benzene rings is 1. The van der Waals surface area contributed by atoms with Gasteiger partial charge >= 0.3 is 5.97 Å². The van der Waals surface area contributed by atoms with Crippen molar-refractivity contribution < 1.29 is 9.53 Å². The molecule has 0 bridgehead atoms. The Balaban J connectivity index is 1.73. The van der Waals surface area contributed by atoms with Crippen molar-refractivity contribution in [1.82, 2.24) is 0 Å². The van der Waals surface area contributed by atoms with Gasteiger partial charge in [0.25, 0.3) is 0 Å². The van der Waals surface area contributed by atoms with Crippen LogP contribution >= 0.6 is 0 Å². The van der Waals surface area contributed by atoms with Crippen molar-refractivity contribution in [3.8, 4) is 0 Å². The maximum Gasteiger partial charge on any atom is 0.308 e. The Hall–Kier alpha value is -1.31. The SMILES string of the molecule is CCCCc1ccc(CCC2CC2C(=O)OC)cc1. The number of hydrogen-bond acceptors (Lipinski definition) is 2. The number of aryl methyl sites for hydroxylation is 2. The van der Waals surface area contributed by atoms with Gasteiger partial charge in [-0.1, -0.05) is 37.6 Å². The molecule has 0 heterocycles. The summed E-state index contributed by atoms with van der Waals surface area (Å²) in [5.41, 5.74) is 2.82. The molecule has 0 N–H and O–H groups in total. The van der Waals surface area contributed by atoms with Crippen LogP contribution in [0.2, 0.25) is 0 Å². The Morgan fingerprint density at radius 1 is 1.21 bits per heavy atom. The maximum absolute atomic E-state index is 11.3. The fourth-order valence-electron chi connectivity index (χ4n) is 2.61. The van der Waals surface area contributed by atoms with E-state index in [9.17, 15) is 4.79 Å². The summed E-state index contributed by atoms with van der Waals surface area (Å²) in [4.78, 5) is 11.3. The molecule has 1 aromatic carbocycles. The highest BCUT2D eigenvalue weighted by atomic mass is 16.5. The molecule has 19 heavy (non-hydrogen) atoms. The van der Waals surface area contributed by atoms with Gasteiger partial charge in [0, 0.05) is 0 Å². The van der Waals surface area contributed by atoms with E-state index in [0.717, 1.165) is 19.3 Å². The molecule has 2 heteroatoms. The zero-order chi connectivity index (χ0) is 13.7. The molecule has 0 aromatic heterocycles. The smallest absolute Gasteiger partial charge is 0.308 e. The highest BCUT2D eigenvalue weighted by molar-refractivity contribution is 5.75. The van der Waals surface area contributed by atoms with Crippen LogP contribution in [0.15, 0.2) is 24.3 Å². The number of carbonyl (C=O) groups excluding carboxylic acids is 1. The summed E-state index contributed by atoms with van der Waals surface area (Å²) in [6.07, 6.45) is 6.89. The molecule has 2 rings (SSSR count). The van der Waals surface area contributed by atoms with Crippen LogP contribution in [0, 0.1) is 11.8 Å². The predicted molar refractivity (Wildman–Crippen MR) is 77.0 cm³/mol. The normalized spacial score (nSPS) is 21.2. The molecule has 104 valence electrons. The number of unbranched alkanes of at least 4 members (excludes halogenated alkanes) is 1. The Morgan fingerprint density at radius 3 is 2.42 bits per heavy atom. The molecule has 0 spiro atoms. The fraction of sp³-hybridized carbons (Fsp3) is 0.588. The summed E-state index contributed by atoms with van der Waals surface area (Å²) in [5, 5.41) is 0. The van der Waals surface area contributed by atoms with E-state index in [2.05, 4.69) is 31.2 Å². The van der Waals surface area contributed by atoms with Gasteiger partial charge in [-0.05, 0) is 49.1 Å². The molecule has 0 saturated heterocycles. The summed E-state index contributed by atoms with van der Waals surface area (Å²) in [6.45, 7) is 2.22. The molecule has 1 fully saturated rings. The lowest BCUT2D eigenvalue weighted by Crippen LogP contribution is -2.04. The van der Waals surface area contributed by atoms with Gasteiger partial charge in [-0.25, -0.2) is 0 Å². The van der Waals surface area contributed by atoms with Gasteiger partial charge in [0.15, 0.2) is 0 Å². The van der Waals surface area contributed by atoms with Crippen molar-refractivity contribution in [3.05, 3.63) is 35.4 Å². The van der Waals surface area contributed by atoms with E-state index >= 15 is 0 Å². The van der Waals surface area contributed by atoms with Crippen LogP contribution in [-0.4, -0.2) is 13.1 Å². The molecule has 0 radical (unpaired) electrons. The number of methoxy groups -OCH3 is 1. The minimum absolute atomic E-state index is 0.0279. The van der Waals surface area contributed by atoms with Gasteiger partial charge in [-0.15, -0.1) is 0 Å². The van der Waals surface area contributed by atoms with E-state index in [1.54, 1.807) is 0 Å². The molecule has 2 nitrogen and oxygen atoms in total. The Labute approximate surface area is 116 Å². The van der Waals surface area contributed by atoms with Gasteiger partial charge in [-0.2, -0.15) is 0 Å². The first-order chi connectivity index (χ1) is 9.24. The highest BCUT2D eigenvalue weighted by Gasteiger charge is 2.43. The van der Waals surface area contributed by atoms with E-state index in [1.165, 1.54) is 37.5 Å². The first kappa shape index (κ1) is 14.1. The van der Waals surface area contributed by atoms with Crippen molar-refractivity contribution in [3.63, 3.8) is 0 Å². The number of esters is 1. The number of rotatable bonds is 7. The van der Waals surface area contributed by atoms with Crippen LogP contribution in [-0.2, 0) is 22.4 Å². The molecule has 0 aliphatic heterocycles. The van der Waals surface area contributed by atoms with Crippen molar-refractivity contribution in [2.75, 3.05) is 7.11 Å². The van der Waals surface area contributed by atoms with Crippen LogP contribution in [0.4, 0.5) is 0 Å². The van der Waals surface area contributed by atoms with Gasteiger partial charge in [0.2, 0.25) is 0 Å². The molecule has 1 saturated carbocycles. The van der Waals surface area contributed by atoms with Crippen LogP contribution in [0.25, 0.3) is 0 Å². The monoisotopic (exact) mass is 260 g/mol. The number of carbonyl (C=O) groups is 1. The summed E-state index contributed by atoms with van der Waals surface area (Å²) in [7, 11) is 1.48. The standard InChI is InChI=1S/C17H24O2/c1-3-4-5-13-6-8-14(9-7-13)10-11-15-12-16(15)17(18)19-2/h6-9,15-16H,3-5,10-12H2,1-2H3. The summed E-state index contributed by atoms with van der Waals surface area (Å²) in [5.74, 6) is 0.695. The van der Waals surface area contributed by atoms with Gasteiger partial charge < -0.3 is 4.74 Å². The van der Waals surface area contributed by atoms with Crippen LogP contribution in [0.1, 0.15) is 43.7 Å². The van der Waals surface area contributed by atoms with E-state index in [1.807, 2.05) is 0 Å². The first-order valence-electron chi connectivity index (χ1n) is 7.40. The third-order valence-corrected chi connectivity index (χ3v) is 4.07. The van der Waals surface area contributed by atoms with Gasteiger partial charge in [-0.3, -0.25) is 4.79 Å². The first-order valence-corrected chi connectivity index (χ1v) is 7.40. The van der Waals surface area contributed by atoms with Crippen molar-refractivity contribution in [2.24, 2.45) is 11.8 Å². The van der Waals surface area contributed by atoms with Crippen LogP contribution in [0.3, 0.4) is 0 Å². The van der Waals surface area contributed by atoms with Crippen LogP contribution < -0.4 is 0 Å². The molecular formula is C17H24O2. The average Bonchev–Trinajstić information content (AvgIpc) is 3.23. The van der Waals surface area contributed by atoms with Crippen LogP contribution in [0.5, 0.6) is 0 Å². The molecule has 1 aliphatic rings. The second-order valence-electron chi connectivity index (χ2n) is 5.58. The van der Waals surface area contributed by atoms with E-state index < -0.39 is 0 Å². The quantitative estimate of drug-likeness (QED) is 0.698. The minimum Gasteiger partial charge on any atom is -0.469 e. The maximum atomic E-state index is 11.3. The lowest BCUT2D eigenvalue weighted by atomic mass is 10.0. The lowest BCUT2D eigenvalue weighted by molar-refractivity contribution is -0.142. The van der Waals surface area contributed by atoms with Crippen molar-refractivity contribution in [2.45, 2.75) is 45.4 Å². The minimum atomic E-state index is -0.0279. The fourth-order valence-corrected chi connectivity index (χ4v) is 2.61. The molecule has 1 aromatic rings. The van der Waals surface area contributed by atoms with Crippen molar-refractivity contribution >= 4 is 5.97 Å². The number of hydrogen-bond donors (Lipinski definition) is 0. The zero-order valence-corrected chi connectivity index (χ0v) is 12.0. The molecule has 2 unspecified atom stereocenters. The highest BCUT2D eigenvalue weighted by Crippen LogP contribution is 2.42. The van der Waals surface area contributed by atoms with E-state index in [4.69, 9.17) is 4.74 Å². The summed E-state index contributed by atoms with van der Waals surface area (Å²) in [6, 6.07) is 8.96. The topological polar surface area (TPSA) is 26.3 Å². The Bertz CT molecular complexity index is 408. The molecular weight excluding hydrogens is 236 g/mol. The molecule has 0 amide bonds. The molecule has 2 atom stereocenters. The Kier molecular flexibility index (Phi) is 5.00. The third-order valence-electron chi connectivity index (χ3n) is 4.07. The van der Waals surface area contributed by atoms with E-state index in [-0.39, 0.29) is 11.9 Å². The van der Waals surface area contributed by atoms with E-state index in [0.29, 0.717) is 5.92 Å². The van der Waals surface area contributed by atoms with Gasteiger partial charge in [0.05, 0.1) is 13.0 Å². The lowest BCUT2D eigenvalue weighted by Gasteiger charge is -2.04. The van der Waals surface area contributed by atoms with Gasteiger partial charge in [0.1, 0.15) is 0 Å². The second kappa shape index (κ2) is 6.74. The third kappa shape index (κ3) is 4.09. The zero-order valence-electron chi connectivity index (χ0n) is 12.0. The molecule has 1 aliphatic carbocycles. The predicted octanol–water partition coefficient (Wildman–Crippen LogP) is 3.77. The average molecular weight is 260 g/mol. The Morgan fingerprint density at radius 2 is 1.84 bits per heavy atom. The number of ether oxygens (including phenoxy) is 1. The second-order valence-corrected chi connectivity index (χ2v) is 5.58.